The summed E-state index contributed by atoms with van der Waals surface area (Å²) in [4.78, 5) is 15.5. The minimum atomic E-state index is 0.106. The Hall–Kier alpha value is -0.770. The van der Waals surface area contributed by atoms with Gasteiger partial charge in [-0.25, -0.2) is 4.79 Å². The fourth-order valence-electron chi connectivity index (χ4n) is 1.28. The van der Waals surface area contributed by atoms with Crippen molar-refractivity contribution in [1.82, 2.24) is 9.80 Å². The number of rotatable bonds is 6. The van der Waals surface area contributed by atoms with E-state index in [-0.39, 0.29) is 6.03 Å². The molecule has 0 aromatic rings. The van der Waals surface area contributed by atoms with E-state index in [1.807, 2.05) is 25.7 Å². The molecule has 0 spiro atoms. The summed E-state index contributed by atoms with van der Waals surface area (Å²) in [6.07, 6.45) is 0. The van der Waals surface area contributed by atoms with Crippen LogP contribution in [0.5, 0.6) is 0 Å². The van der Waals surface area contributed by atoms with Gasteiger partial charge in [-0.05, 0) is 20.8 Å². The van der Waals surface area contributed by atoms with Crippen LogP contribution in [0.4, 0.5) is 4.79 Å². The van der Waals surface area contributed by atoms with Gasteiger partial charge in [0, 0.05) is 33.3 Å². The summed E-state index contributed by atoms with van der Waals surface area (Å²) in [6.45, 7) is 9.49. The van der Waals surface area contributed by atoms with E-state index < -0.39 is 0 Å². The van der Waals surface area contributed by atoms with Crippen molar-refractivity contribution in [2.45, 2.75) is 20.8 Å². The van der Waals surface area contributed by atoms with Gasteiger partial charge in [0.2, 0.25) is 0 Å². The number of ether oxygens (including phenoxy) is 1. The Morgan fingerprint density at radius 1 is 1.07 bits per heavy atom. The van der Waals surface area contributed by atoms with Gasteiger partial charge in [0.15, 0.2) is 0 Å². The smallest absolute Gasteiger partial charge is 0.320 e. The van der Waals surface area contributed by atoms with Crippen LogP contribution in [-0.4, -0.2) is 55.7 Å². The Balaban J connectivity index is 4.13. The van der Waals surface area contributed by atoms with Crippen LogP contribution in [0.3, 0.4) is 0 Å². The van der Waals surface area contributed by atoms with Gasteiger partial charge in [-0.15, -0.1) is 0 Å². The molecule has 0 atom stereocenters. The quantitative estimate of drug-likeness (QED) is 0.652. The SMILES string of the molecule is CCN(CC)C(=O)N(CC)CCOC. The molecule has 0 aromatic heterocycles. The Kier molecular flexibility index (Phi) is 7.20. The first-order chi connectivity index (χ1) is 6.71. The van der Waals surface area contributed by atoms with Gasteiger partial charge in [-0.2, -0.15) is 0 Å². The predicted molar refractivity (Wildman–Crippen MR) is 57.4 cm³/mol. The van der Waals surface area contributed by atoms with Crippen molar-refractivity contribution in [1.29, 1.82) is 0 Å². The second-order valence-electron chi connectivity index (χ2n) is 3.03. The van der Waals surface area contributed by atoms with Crippen molar-refractivity contribution in [2.24, 2.45) is 0 Å². The molecule has 84 valence electrons. The van der Waals surface area contributed by atoms with E-state index in [9.17, 15) is 4.79 Å². The summed E-state index contributed by atoms with van der Waals surface area (Å²) in [7, 11) is 1.65. The van der Waals surface area contributed by atoms with Crippen LogP contribution in [-0.2, 0) is 4.74 Å². The summed E-state index contributed by atoms with van der Waals surface area (Å²) in [5.74, 6) is 0. The molecule has 14 heavy (non-hydrogen) atoms. The molecule has 0 saturated carbocycles. The van der Waals surface area contributed by atoms with Gasteiger partial charge in [-0.1, -0.05) is 0 Å². The van der Waals surface area contributed by atoms with Crippen molar-refractivity contribution >= 4 is 6.03 Å². The summed E-state index contributed by atoms with van der Waals surface area (Å²) in [5, 5.41) is 0. The van der Waals surface area contributed by atoms with Crippen LogP contribution in [0.15, 0.2) is 0 Å². The van der Waals surface area contributed by atoms with Gasteiger partial charge >= 0.3 is 6.03 Å². The number of amides is 2. The number of hydrogen-bond acceptors (Lipinski definition) is 2. The van der Waals surface area contributed by atoms with E-state index in [1.165, 1.54) is 0 Å². The van der Waals surface area contributed by atoms with Crippen LogP contribution >= 0.6 is 0 Å². The molecule has 0 saturated heterocycles. The lowest BCUT2D eigenvalue weighted by Gasteiger charge is -2.28. The van der Waals surface area contributed by atoms with Crippen molar-refractivity contribution in [3.05, 3.63) is 0 Å². The zero-order chi connectivity index (χ0) is 11.0. The van der Waals surface area contributed by atoms with Crippen molar-refractivity contribution < 1.29 is 9.53 Å². The normalized spacial score (nSPS) is 10.0. The van der Waals surface area contributed by atoms with Crippen LogP contribution in [0, 0.1) is 0 Å². The Labute approximate surface area is 86.8 Å². The van der Waals surface area contributed by atoms with Gasteiger partial charge in [0.05, 0.1) is 6.61 Å². The van der Waals surface area contributed by atoms with Crippen molar-refractivity contribution in [2.75, 3.05) is 39.9 Å². The Morgan fingerprint density at radius 3 is 1.93 bits per heavy atom. The largest absolute Gasteiger partial charge is 0.383 e. The molecule has 0 radical (unpaired) electrons. The number of hydrogen-bond donors (Lipinski definition) is 0. The van der Waals surface area contributed by atoms with E-state index in [2.05, 4.69) is 0 Å². The fraction of sp³-hybridized carbons (Fsp3) is 0.900. The van der Waals surface area contributed by atoms with Gasteiger partial charge in [-0.3, -0.25) is 0 Å². The number of carbonyl (C=O) groups excluding carboxylic acids is 1. The number of urea groups is 1. The lowest BCUT2D eigenvalue weighted by molar-refractivity contribution is 0.130. The van der Waals surface area contributed by atoms with E-state index in [4.69, 9.17) is 4.74 Å². The summed E-state index contributed by atoms with van der Waals surface area (Å²) in [6, 6.07) is 0.106. The molecular formula is C10H22N2O2. The number of likely N-dealkylation sites (N-methyl/N-ethyl adjacent to an activating group) is 1. The maximum atomic E-state index is 11.8. The van der Waals surface area contributed by atoms with Gasteiger partial charge < -0.3 is 14.5 Å². The first kappa shape index (κ1) is 13.2. The molecule has 0 heterocycles. The second kappa shape index (κ2) is 7.62. The highest BCUT2D eigenvalue weighted by atomic mass is 16.5. The van der Waals surface area contributed by atoms with E-state index in [1.54, 1.807) is 12.0 Å². The zero-order valence-electron chi connectivity index (χ0n) is 9.75. The van der Waals surface area contributed by atoms with Crippen LogP contribution in [0.2, 0.25) is 0 Å². The topological polar surface area (TPSA) is 32.8 Å². The van der Waals surface area contributed by atoms with Crippen LogP contribution in [0.1, 0.15) is 20.8 Å². The molecule has 2 amide bonds. The highest BCUT2D eigenvalue weighted by Crippen LogP contribution is 1.98. The molecule has 0 unspecified atom stereocenters. The summed E-state index contributed by atoms with van der Waals surface area (Å²) >= 11 is 0. The monoisotopic (exact) mass is 202 g/mol. The summed E-state index contributed by atoms with van der Waals surface area (Å²) in [5.41, 5.74) is 0. The third-order valence-corrected chi connectivity index (χ3v) is 2.25. The standard InChI is InChI=1S/C10H22N2O2/c1-5-11(6-2)10(13)12(7-3)8-9-14-4/h5-9H2,1-4H3. The molecule has 0 aliphatic heterocycles. The molecule has 0 bridgehead atoms. The Morgan fingerprint density at radius 2 is 1.57 bits per heavy atom. The highest BCUT2D eigenvalue weighted by molar-refractivity contribution is 5.74. The molecule has 0 rings (SSSR count). The first-order valence-corrected chi connectivity index (χ1v) is 5.23. The second-order valence-corrected chi connectivity index (χ2v) is 3.03. The van der Waals surface area contributed by atoms with Crippen LogP contribution < -0.4 is 0 Å². The van der Waals surface area contributed by atoms with Gasteiger partial charge in [0.25, 0.3) is 0 Å². The fourth-order valence-corrected chi connectivity index (χ4v) is 1.28. The van der Waals surface area contributed by atoms with E-state index >= 15 is 0 Å². The minimum Gasteiger partial charge on any atom is -0.383 e. The lowest BCUT2D eigenvalue weighted by atomic mass is 10.4. The number of methoxy groups -OCH3 is 1. The minimum absolute atomic E-state index is 0.106. The molecule has 4 heteroatoms. The Bertz CT molecular complexity index is 158. The number of carbonyl (C=O) groups is 1. The maximum Gasteiger partial charge on any atom is 0.320 e. The first-order valence-electron chi connectivity index (χ1n) is 5.23. The van der Waals surface area contributed by atoms with Crippen molar-refractivity contribution in [3.63, 3.8) is 0 Å². The molecule has 0 aliphatic rings. The third kappa shape index (κ3) is 3.96. The summed E-state index contributed by atoms with van der Waals surface area (Å²) < 4.78 is 4.96. The molecule has 0 N–H and O–H groups in total. The highest BCUT2D eigenvalue weighted by Gasteiger charge is 2.15. The van der Waals surface area contributed by atoms with Crippen molar-refractivity contribution in [3.8, 4) is 0 Å². The van der Waals surface area contributed by atoms with E-state index in [0.29, 0.717) is 13.2 Å². The number of nitrogens with zero attached hydrogens (tertiary/aromatic N) is 2. The molecule has 0 fully saturated rings. The van der Waals surface area contributed by atoms with Crippen LogP contribution in [0.25, 0.3) is 0 Å². The maximum absolute atomic E-state index is 11.8. The molecule has 0 aliphatic carbocycles. The predicted octanol–water partition coefficient (Wildman–Crippen LogP) is 1.42. The van der Waals surface area contributed by atoms with E-state index in [0.717, 1.165) is 19.6 Å². The average molecular weight is 202 g/mol. The third-order valence-electron chi connectivity index (χ3n) is 2.25. The lowest BCUT2D eigenvalue weighted by Crippen LogP contribution is -2.44. The molecular weight excluding hydrogens is 180 g/mol. The zero-order valence-corrected chi connectivity index (χ0v) is 9.75. The molecule has 4 nitrogen and oxygen atoms in total. The molecule has 0 aromatic carbocycles. The average Bonchev–Trinajstić information content (AvgIpc) is 2.21. The van der Waals surface area contributed by atoms with Gasteiger partial charge in [0.1, 0.15) is 0 Å².